The van der Waals surface area contributed by atoms with Gasteiger partial charge in [-0.3, -0.25) is 0 Å². The van der Waals surface area contributed by atoms with Gasteiger partial charge in [-0.15, -0.1) is 0 Å². The highest BCUT2D eigenvalue weighted by Gasteiger charge is 2.34. The normalized spacial score (nSPS) is 15.4. The van der Waals surface area contributed by atoms with Gasteiger partial charge in [0, 0.05) is 43.1 Å². The summed E-state index contributed by atoms with van der Waals surface area (Å²) in [6, 6.07) is 7.72. The summed E-state index contributed by atoms with van der Waals surface area (Å²) in [7, 11) is -2.10. The van der Waals surface area contributed by atoms with Gasteiger partial charge in [0.1, 0.15) is 16.3 Å². The van der Waals surface area contributed by atoms with Crippen molar-refractivity contribution in [3.63, 3.8) is 0 Å². The molecule has 0 atom stereocenters. The van der Waals surface area contributed by atoms with Crippen LogP contribution in [0, 0.1) is 13.8 Å². The molecule has 29 heavy (non-hydrogen) atoms. The second kappa shape index (κ2) is 8.46. The largest absolute Gasteiger partial charge is 0.497 e. The first-order valence-corrected chi connectivity index (χ1v) is 11.0. The van der Waals surface area contributed by atoms with E-state index in [0.29, 0.717) is 37.4 Å². The lowest BCUT2D eigenvalue weighted by Gasteiger charge is -2.35. The first kappa shape index (κ1) is 21.2. The molecule has 0 aliphatic carbocycles. The third-order valence-electron chi connectivity index (χ3n) is 5.12. The highest BCUT2D eigenvalue weighted by Crippen LogP contribution is 2.28. The number of nitrogens with one attached hydrogen (secondary N) is 1. The SMILES string of the molecule is CCOC(=O)c1[nH]c(C)c(S(=O)(=O)N2CCN(c3ccc(OC)cc3)CC2)c1C. The first-order chi connectivity index (χ1) is 13.8. The molecule has 0 bridgehead atoms. The summed E-state index contributed by atoms with van der Waals surface area (Å²) < 4.78 is 38.2. The van der Waals surface area contributed by atoms with Gasteiger partial charge in [0.25, 0.3) is 0 Å². The van der Waals surface area contributed by atoms with Crippen LogP contribution >= 0.6 is 0 Å². The summed E-state index contributed by atoms with van der Waals surface area (Å²) in [5.74, 6) is 0.240. The molecular weight excluding hydrogens is 394 g/mol. The van der Waals surface area contributed by atoms with Crippen LogP contribution in [-0.4, -0.2) is 63.6 Å². The Labute approximate surface area is 171 Å². The topological polar surface area (TPSA) is 91.9 Å². The van der Waals surface area contributed by atoms with Gasteiger partial charge in [-0.05, 0) is 45.0 Å². The average Bonchev–Trinajstić information content (AvgIpc) is 3.03. The van der Waals surface area contributed by atoms with Gasteiger partial charge in [0.15, 0.2) is 0 Å². The van der Waals surface area contributed by atoms with Crippen molar-refractivity contribution in [3.05, 3.63) is 41.2 Å². The minimum atomic E-state index is -3.72. The Kier molecular flexibility index (Phi) is 6.18. The average molecular weight is 422 g/mol. The van der Waals surface area contributed by atoms with Gasteiger partial charge in [0.2, 0.25) is 10.0 Å². The minimum Gasteiger partial charge on any atom is -0.497 e. The lowest BCUT2D eigenvalue weighted by atomic mass is 10.2. The van der Waals surface area contributed by atoms with E-state index in [1.54, 1.807) is 27.9 Å². The number of ether oxygens (including phenoxy) is 2. The van der Waals surface area contributed by atoms with Crippen LogP contribution in [0.2, 0.25) is 0 Å². The van der Waals surface area contributed by atoms with Crippen molar-refractivity contribution in [3.8, 4) is 5.75 Å². The number of hydrogen-bond acceptors (Lipinski definition) is 6. The lowest BCUT2D eigenvalue weighted by molar-refractivity contribution is 0.0519. The van der Waals surface area contributed by atoms with E-state index in [9.17, 15) is 13.2 Å². The van der Waals surface area contributed by atoms with Gasteiger partial charge in [0.05, 0.1) is 13.7 Å². The van der Waals surface area contributed by atoms with Crippen molar-refractivity contribution in [2.75, 3.05) is 44.8 Å². The van der Waals surface area contributed by atoms with Crippen LogP contribution in [0.5, 0.6) is 5.75 Å². The number of sulfonamides is 1. The molecule has 1 fully saturated rings. The number of esters is 1. The zero-order chi connectivity index (χ0) is 21.2. The maximum Gasteiger partial charge on any atom is 0.355 e. The number of aromatic nitrogens is 1. The smallest absolute Gasteiger partial charge is 0.355 e. The summed E-state index contributed by atoms with van der Waals surface area (Å²) >= 11 is 0. The van der Waals surface area contributed by atoms with Crippen molar-refractivity contribution in [2.24, 2.45) is 0 Å². The second-order valence-corrected chi connectivity index (χ2v) is 8.76. The number of nitrogens with zero attached hydrogens (tertiary/aromatic N) is 2. The Bertz CT molecular complexity index is 974. The molecule has 1 N–H and O–H groups in total. The van der Waals surface area contributed by atoms with Crippen LogP contribution in [0.4, 0.5) is 5.69 Å². The second-order valence-electron chi connectivity index (χ2n) is 6.89. The van der Waals surface area contributed by atoms with E-state index in [1.165, 1.54) is 4.31 Å². The molecule has 0 amide bonds. The third kappa shape index (κ3) is 4.11. The number of rotatable bonds is 6. The predicted molar refractivity (Wildman–Crippen MR) is 110 cm³/mol. The van der Waals surface area contributed by atoms with Gasteiger partial charge >= 0.3 is 5.97 Å². The third-order valence-corrected chi connectivity index (χ3v) is 7.30. The van der Waals surface area contributed by atoms with Crippen LogP contribution in [-0.2, 0) is 14.8 Å². The van der Waals surface area contributed by atoms with E-state index in [1.807, 2.05) is 24.3 Å². The van der Waals surface area contributed by atoms with Gasteiger partial charge in [-0.25, -0.2) is 13.2 Å². The Morgan fingerprint density at radius 2 is 1.72 bits per heavy atom. The predicted octanol–water partition coefficient (Wildman–Crippen LogP) is 2.33. The number of anilines is 1. The summed E-state index contributed by atoms with van der Waals surface area (Å²) in [4.78, 5) is 17.3. The summed E-state index contributed by atoms with van der Waals surface area (Å²) in [5.41, 5.74) is 2.07. The molecular formula is C20H27N3O5S. The molecule has 0 saturated carbocycles. The Morgan fingerprint density at radius 3 is 2.28 bits per heavy atom. The summed E-state index contributed by atoms with van der Waals surface area (Å²) in [6.07, 6.45) is 0. The monoisotopic (exact) mass is 421 g/mol. The van der Waals surface area contributed by atoms with E-state index < -0.39 is 16.0 Å². The van der Waals surface area contributed by atoms with Crippen LogP contribution in [0.3, 0.4) is 0 Å². The molecule has 158 valence electrons. The molecule has 2 heterocycles. The van der Waals surface area contributed by atoms with Crippen molar-refractivity contribution >= 4 is 21.7 Å². The molecule has 1 aromatic carbocycles. The standard InChI is InChI=1S/C20H27N3O5S/c1-5-28-20(24)18-14(2)19(15(3)21-18)29(25,26)23-12-10-22(11-13-23)16-6-8-17(27-4)9-7-16/h6-9,21H,5,10-13H2,1-4H3. The molecule has 8 nitrogen and oxygen atoms in total. The molecule has 1 saturated heterocycles. The quantitative estimate of drug-likeness (QED) is 0.720. The van der Waals surface area contributed by atoms with Crippen molar-refractivity contribution in [2.45, 2.75) is 25.7 Å². The first-order valence-electron chi connectivity index (χ1n) is 9.55. The number of hydrogen-bond donors (Lipinski definition) is 1. The minimum absolute atomic E-state index is 0.165. The van der Waals surface area contributed by atoms with Crippen molar-refractivity contribution in [1.29, 1.82) is 0 Å². The molecule has 2 aromatic rings. The van der Waals surface area contributed by atoms with Gasteiger partial charge in [-0.2, -0.15) is 4.31 Å². The summed E-state index contributed by atoms with van der Waals surface area (Å²) in [5, 5.41) is 0. The van der Waals surface area contributed by atoms with E-state index >= 15 is 0 Å². The zero-order valence-corrected chi connectivity index (χ0v) is 18.0. The number of aryl methyl sites for hydroxylation is 1. The molecule has 0 radical (unpaired) electrons. The maximum absolute atomic E-state index is 13.3. The van der Waals surface area contributed by atoms with Crippen LogP contribution < -0.4 is 9.64 Å². The zero-order valence-electron chi connectivity index (χ0n) is 17.2. The summed E-state index contributed by atoms with van der Waals surface area (Å²) in [6.45, 7) is 7.14. The fraction of sp³-hybridized carbons (Fsp3) is 0.450. The van der Waals surface area contributed by atoms with Crippen LogP contribution in [0.15, 0.2) is 29.2 Å². The molecule has 0 spiro atoms. The van der Waals surface area contributed by atoms with E-state index in [-0.39, 0.29) is 17.2 Å². The number of piperazine rings is 1. The lowest BCUT2D eigenvalue weighted by Crippen LogP contribution is -2.48. The Balaban J connectivity index is 1.77. The number of benzene rings is 1. The molecule has 1 aliphatic heterocycles. The number of aromatic amines is 1. The molecule has 1 aliphatic rings. The molecule has 0 unspecified atom stereocenters. The molecule has 1 aromatic heterocycles. The number of methoxy groups -OCH3 is 1. The van der Waals surface area contributed by atoms with E-state index in [2.05, 4.69) is 9.88 Å². The highest BCUT2D eigenvalue weighted by molar-refractivity contribution is 7.89. The number of carbonyl (C=O) groups excluding carboxylic acids is 1. The highest BCUT2D eigenvalue weighted by atomic mass is 32.2. The van der Waals surface area contributed by atoms with Gasteiger partial charge < -0.3 is 19.4 Å². The van der Waals surface area contributed by atoms with Crippen molar-refractivity contribution in [1.82, 2.24) is 9.29 Å². The number of H-pyrrole nitrogens is 1. The Morgan fingerprint density at radius 1 is 1.10 bits per heavy atom. The van der Waals surface area contributed by atoms with Gasteiger partial charge in [-0.1, -0.05) is 0 Å². The van der Waals surface area contributed by atoms with E-state index in [4.69, 9.17) is 9.47 Å². The Hall–Kier alpha value is -2.52. The molecule has 9 heteroatoms. The van der Waals surface area contributed by atoms with E-state index in [0.717, 1.165) is 11.4 Å². The number of carbonyl (C=O) groups is 1. The fourth-order valence-corrected chi connectivity index (χ4v) is 5.47. The fourth-order valence-electron chi connectivity index (χ4n) is 3.64. The van der Waals surface area contributed by atoms with Crippen LogP contribution in [0.25, 0.3) is 0 Å². The van der Waals surface area contributed by atoms with Crippen LogP contribution in [0.1, 0.15) is 28.7 Å². The molecule has 3 rings (SSSR count). The van der Waals surface area contributed by atoms with Crippen molar-refractivity contribution < 1.29 is 22.7 Å². The maximum atomic E-state index is 13.3.